The lowest BCUT2D eigenvalue weighted by atomic mass is 9.85. The Bertz CT molecular complexity index is 1480. The SMILES string of the molecule is C/C=C\C=C(/NC)c1c(C)cc(F)cc1F.C=C/C(=C\CC/C=C(\C=NCC(=C/C)/C(C)=C(/F)C=C)C(C)(C)C)C(C)(C)C.C=CC=C(C)C.CN.NF. The van der Waals surface area contributed by atoms with E-state index in [4.69, 9.17) is 4.48 Å². The van der Waals surface area contributed by atoms with Gasteiger partial charge in [-0.1, -0.05) is 115 Å². The first-order valence-electron chi connectivity index (χ1n) is 18.0. The number of aryl methyl sites for hydroxylation is 1. The Morgan fingerprint density at radius 1 is 0.852 bits per heavy atom. The van der Waals surface area contributed by atoms with Crippen LogP contribution in [0, 0.1) is 29.4 Å². The van der Waals surface area contributed by atoms with Crippen molar-refractivity contribution in [3.8, 4) is 0 Å². The molecule has 0 aliphatic heterocycles. The summed E-state index contributed by atoms with van der Waals surface area (Å²) in [4.78, 5) is 4.59. The number of hydrogen-bond donors (Lipinski definition) is 3. The molecule has 0 spiro atoms. The molecule has 0 radical (unpaired) electrons. The van der Waals surface area contributed by atoms with Crippen molar-refractivity contribution < 1.29 is 17.7 Å². The molecule has 0 saturated heterocycles. The van der Waals surface area contributed by atoms with Crippen molar-refractivity contribution in [2.45, 2.75) is 95.9 Å². The van der Waals surface area contributed by atoms with Crippen molar-refractivity contribution >= 4 is 11.9 Å². The predicted octanol–water partition coefficient (Wildman–Crippen LogP) is 13.3. The fourth-order valence-electron chi connectivity index (χ4n) is 4.46. The van der Waals surface area contributed by atoms with Gasteiger partial charge in [0.05, 0.1) is 6.54 Å². The average molecular weight is 757 g/mol. The summed E-state index contributed by atoms with van der Waals surface area (Å²) in [6, 6.07) is 2.21. The lowest BCUT2D eigenvalue weighted by Gasteiger charge is -2.21. The monoisotopic (exact) mass is 757 g/mol. The first kappa shape index (κ1) is 56.5. The number of rotatable bonds is 13. The molecule has 1 aromatic rings. The molecule has 0 heterocycles. The second-order valence-corrected chi connectivity index (χ2v) is 14.0. The molecule has 0 aliphatic rings. The molecule has 5 N–H and O–H groups in total. The van der Waals surface area contributed by atoms with E-state index in [1.807, 2.05) is 58.2 Å². The third-order valence-corrected chi connectivity index (χ3v) is 7.40. The lowest BCUT2D eigenvalue weighted by Crippen LogP contribution is -2.11. The summed E-state index contributed by atoms with van der Waals surface area (Å²) in [5.74, 6) is 1.60. The average Bonchev–Trinajstić information content (AvgIpc) is 3.10. The Hall–Kier alpha value is -4.27. The second-order valence-electron chi connectivity index (χ2n) is 14.0. The number of nitrogens with one attached hydrogen (secondary N) is 1. The van der Waals surface area contributed by atoms with Crippen molar-refractivity contribution in [2.24, 2.45) is 27.5 Å². The van der Waals surface area contributed by atoms with Gasteiger partial charge in [0.1, 0.15) is 17.5 Å². The summed E-state index contributed by atoms with van der Waals surface area (Å²) < 4.78 is 49.3. The molecule has 0 aliphatic carbocycles. The standard InChI is InChI=1S/C26H40FN.C13H15F2N.C6H10.CH5N.FH2N/c1-11-21(20(4)24(27)13-3)18-28-19-23(26(8,9)10)17-15-14-16-22(12-2)25(5,6)7;1-4-5-6-12(16-3)13-9(2)7-10(14)8-11(13)15;1-4-5-6(2)3;2*1-2/h11-13,16-17,19H,2-3,14-15,18H2,1,4-10H3;4-8,16H,1-3H3;4-5H,1H2,2-3H3;2H2,1H3;2H2/b21-11-,22-16+,23-17+,24-20+,28-19?;5-4-,12-6-;;;. The number of aliphatic imine (C=N–C) groups is 1. The van der Waals surface area contributed by atoms with Gasteiger partial charge in [0.2, 0.25) is 0 Å². The molecule has 4 nitrogen and oxygen atoms in total. The molecule has 0 aromatic heterocycles. The van der Waals surface area contributed by atoms with Crippen LogP contribution in [0.2, 0.25) is 0 Å². The van der Waals surface area contributed by atoms with Crippen LogP contribution < -0.4 is 17.0 Å². The quantitative estimate of drug-likeness (QED) is 0.0617. The van der Waals surface area contributed by atoms with E-state index in [1.54, 1.807) is 39.1 Å². The maximum Gasteiger partial charge on any atom is 0.135 e. The molecule has 0 saturated carbocycles. The van der Waals surface area contributed by atoms with Crippen LogP contribution >= 0.6 is 0 Å². The molecule has 8 heteroatoms. The molecule has 0 amide bonds. The number of benzene rings is 1. The fraction of sp³-hybridized carbons (Fsp3) is 0.413. The van der Waals surface area contributed by atoms with Crippen molar-refractivity contribution in [1.82, 2.24) is 5.32 Å². The van der Waals surface area contributed by atoms with E-state index in [9.17, 15) is 13.2 Å². The topological polar surface area (TPSA) is 76.4 Å². The summed E-state index contributed by atoms with van der Waals surface area (Å²) in [6.45, 7) is 35.9. The zero-order valence-corrected chi connectivity index (χ0v) is 35.9. The molecule has 54 heavy (non-hydrogen) atoms. The highest BCUT2D eigenvalue weighted by molar-refractivity contribution is 5.80. The maximum atomic E-state index is 13.8. The summed E-state index contributed by atoms with van der Waals surface area (Å²) in [5.41, 5.74) is 11.5. The number of unbranched alkanes of at least 4 members (excludes halogenated alkanes) is 1. The van der Waals surface area contributed by atoms with Gasteiger partial charge in [-0.15, -0.1) is 4.48 Å². The Balaban J connectivity index is -0.000000401. The summed E-state index contributed by atoms with van der Waals surface area (Å²) in [5, 5.41) is 2.90. The van der Waals surface area contributed by atoms with E-state index >= 15 is 0 Å². The third-order valence-electron chi connectivity index (χ3n) is 7.40. The van der Waals surface area contributed by atoms with Gasteiger partial charge < -0.3 is 11.1 Å². The highest BCUT2D eigenvalue weighted by Gasteiger charge is 2.16. The Labute approximate surface area is 327 Å². The van der Waals surface area contributed by atoms with Gasteiger partial charge >= 0.3 is 0 Å². The van der Waals surface area contributed by atoms with E-state index in [1.165, 1.54) is 35.9 Å². The number of halogens is 4. The first-order valence-corrected chi connectivity index (χ1v) is 18.0. The molecule has 0 unspecified atom stereocenters. The number of allylic oxidation sites excluding steroid dienone is 14. The highest BCUT2D eigenvalue weighted by Crippen LogP contribution is 2.28. The van der Waals surface area contributed by atoms with Crippen LogP contribution in [0.5, 0.6) is 0 Å². The van der Waals surface area contributed by atoms with Gasteiger partial charge in [0.25, 0.3) is 0 Å². The van der Waals surface area contributed by atoms with Crippen LogP contribution in [0.1, 0.15) is 100 Å². The van der Waals surface area contributed by atoms with E-state index in [-0.39, 0.29) is 16.7 Å². The molecule has 1 aromatic carbocycles. The molecule has 0 bridgehead atoms. The van der Waals surface area contributed by atoms with E-state index in [2.05, 4.69) is 95.4 Å². The van der Waals surface area contributed by atoms with Crippen LogP contribution in [-0.4, -0.2) is 26.9 Å². The molecule has 304 valence electrons. The molecule has 0 fully saturated rings. The largest absolute Gasteiger partial charge is 0.388 e. The number of nitrogens with two attached hydrogens (primary N) is 2. The minimum absolute atomic E-state index is 0.00580. The number of nitrogens with zero attached hydrogens (tertiary/aromatic N) is 1. The minimum atomic E-state index is -0.555. The Morgan fingerprint density at radius 2 is 1.37 bits per heavy atom. The van der Waals surface area contributed by atoms with Crippen molar-refractivity contribution in [1.29, 1.82) is 0 Å². The fourth-order valence-corrected chi connectivity index (χ4v) is 4.46. The van der Waals surface area contributed by atoms with Crippen molar-refractivity contribution in [3.63, 3.8) is 0 Å². The van der Waals surface area contributed by atoms with E-state index in [0.29, 0.717) is 28.9 Å². The van der Waals surface area contributed by atoms with Crippen molar-refractivity contribution in [3.05, 3.63) is 149 Å². The zero-order chi connectivity index (χ0) is 43.1. The van der Waals surface area contributed by atoms with Crippen LogP contribution in [0.3, 0.4) is 0 Å². The first-order chi connectivity index (χ1) is 25.2. The van der Waals surface area contributed by atoms with E-state index < -0.39 is 11.6 Å². The maximum absolute atomic E-state index is 13.8. The van der Waals surface area contributed by atoms with Crippen LogP contribution in [0.15, 0.2) is 131 Å². The van der Waals surface area contributed by atoms with Crippen LogP contribution in [0.4, 0.5) is 17.7 Å². The number of hydrogen-bond acceptors (Lipinski definition) is 4. The molecule has 1 rings (SSSR count). The molecule has 0 atom stereocenters. The summed E-state index contributed by atoms with van der Waals surface area (Å²) in [6.07, 6.45) is 22.6. The van der Waals surface area contributed by atoms with Gasteiger partial charge in [-0.3, -0.25) is 4.99 Å². The predicted molar refractivity (Wildman–Crippen MR) is 234 cm³/mol. The smallest absolute Gasteiger partial charge is 0.135 e. The van der Waals surface area contributed by atoms with E-state index in [0.717, 1.165) is 24.5 Å². The van der Waals surface area contributed by atoms with Crippen molar-refractivity contribution in [2.75, 3.05) is 20.6 Å². The minimum Gasteiger partial charge on any atom is -0.388 e. The Morgan fingerprint density at radius 3 is 1.72 bits per heavy atom. The normalized spacial score (nSPS) is 12.7. The molecular weight excluding hydrogens is 685 g/mol. The Kier molecular flexibility index (Phi) is 33.7. The third kappa shape index (κ3) is 25.7. The summed E-state index contributed by atoms with van der Waals surface area (Å²) >= 11 is 0. The zero-order valence-electron chi connectivity index (χ0n) is 35.9. The highest BCUT2D eigenvalue weighted by atomic mass is 19.2. The summed E-state index contributed by atoms with van der Waals surface area (Å²) in [7, 11) is 3.21. The van der Waals surface area contributed by atoms with Gasteiger partial charge in [0.15, 0.2) is 0 Å². The van der Waals surface area contributed by atoms with Gasteiger partial charge in [-0.25, -0.2) is 13.2 Å². The van der Waals surface area contributed by atoms with Gasteiger partial charge in [-0.05, 0) is 118 Å². The van der Waals surface area contributed by atoms with Crippen LogP contribution in [0.25, 0.3) is 5.70 Å². The second kappa shape index (κ2) is 32.2. The van der Waals surface area contributed by atoms with Gasteiger partial charge in [-0.2, -0.15) is 5.96 Å². The lowest BCUT2D eigenvalue weighted by molar-refractivity contribution is 0.514. The van der Waals surface area contributed by atoms with Crippen LogP contribution in [-0.2, 0) is 0 Å². The van der Waals surface area contributed by atoms with Gasteiger partial charge in [0, 0.05) is 30.6 Å². The molecular formula is C46H72F4N4.